The van der Waals surface area contributed by atoms with E-state index < -0.39 is 5.97 Å². The van der Waals surface area contributed by atoms with Gasteiger partial charge in [0, 0.05) is 18.7 Å². The largest absolute Gasteiger partial charge is 0.476 e. The number of carboxylic acids is 1. The average molecular weight is 328 g/mol. The van der Waals surface area contributed by atoms with Crippen LogP contribution in [0.3, 0.4) is 0 Å². The zero-order chi connectivity index (χ0) is 17.3. The van der Waals surface area contributed by atoms with Crippen molar-refractivity contribution in [1.82, 2.24) is 19.9 Å². The van der Waals surface area contributed by atoms with Gasteiger partial charge in [-0.3, -0.25) is 4.79 Å². The van der Waals surface area contributed by atoms with E-state index in [2.05, 4.69) is 10.3 Å². The Balaban J connectivity index is 1.88. The van der Waals surface area contributed by atoms with Gasteiger partial charge in [0.25, 0.3) is 5.91 Å². The third-order valence-corrected chi connectivity index (χ3v) is 4.23. The molecule has 24 heavy (non-hydrogen) atoms. The highest BCUT2D eigenvalue weighted by atomic mass is 16.4. The van der Waals surface area contributed by atoms with E-state index in [-0.39, 0.29) is 11.6 Å². The van der Waals surface area contributed by atoms with Gasteiger partial charge >= 0.3 is 5.97 Å². The number of benzene rings is 1. The number of hydrogen-bond donors (Lipinski definition) is 1. The molecule has 7 nitrogen and oxygen atoms in total. The molecule has 3 rings (SSSR count). The van der Waals surface area contributed by atoms with E-state index in [4.69, 9.17) is 0 Å². The number of amides is 1. The second-order valence-electron chi connectivity index (χ2n) is 6.05. The Kier molecular flexibility index (Phi) is 4.33. The Morgan fingerprint density at radius 3 is 2.50 bits per heavy atom. The van der Waals surface area contributed by atoms with Gasteiger partial charge in [-0.25, -0.2) is 9.48 Å². The predicted octanol–water partition coefficient (Wildman–Crippen LogP) is 2.15. The van der Waals surface area contributed by atoms with Crippen molar-refractivity contribution in [2.75, 3.05) is 7.05 Å². The second-order valence-corrected chi connectivity index (χ2v) is 6.05. The molecular formula is C17H20N4O3. The van der Waals surface area contributed by atoms with Crippen molar-refractivity contribution >= 4 is 11.9 Å². The van der Waals surface area contributed by atoms with Crippen LogP contribution in [0.5, 0.6) is 0 Å². The lowest BCUT2D eigenvalue weighted by Crippen LogP contribution is -2.28. The molecule has 1 saturated carbocycles. The fourth-order valence-electron chi connectivity index (χ4n) is 2.71. The standard InChI is InChI=1S/C17H20N4O3/c1-3-4-14-15(17(23)24)18-19-21(14)13-7-5-11(6-8-13)16(22)20(2)12-9-10-12/h5-8,12H,3-4,9-10H2,1-2H3,(H,23,24). The summed E-state index contributed by atoms with van der Waals surface area (Å²) < 4.78 is 1.53. The van der Waals surface area contributed by atoms with Gasteiger partial charge in [-0.15, -0.1) is 5.10 Å². The molecule has 2 aromatic rings. The molecule has 0 saturated heterocycles. The molecule has 1 N–H and O–H groups in total. The van der Waals surface area contributed by atoms with Crippen LogP contribution in [-0.2, 0) is 6.42 Å². The number of aromatic nitrogens is 3. The normalized spacial score (nSPS) is 13.8. The van der Waals surface area contributed by atoms with Gasteiger partial charge in [0.05, 0.1) is 11.4 Å². The maximum absolute atomic E-state index is 12.4. The first kappa shape index (κ1) is 16.2. The Bertz CT molecular complexity index is 763. The number of hydrogen-bond acceptors (Lipinski definition) is 4. The minimum atomic E-state index is -1.08. The molecule has 1 aliphatic rings. The lowest BCUT2D eigenvalue weighted by atomic mass is 10.1. The van der Waals surface area contributed by atoms with Gasteiger partial charge in [0.2, 0.25) is 0 Å². The highest BCUT2D eigenvalue weighted by molar-refractivity contribution is 5.94. The van der Waals surface area contributed by atoms with Crippen LogP contribution >= 0.6 is 0 Å². The number of aromatic carboxylic acids is 1. The highest BCUT2D eigenvalue weighted by Gasteiger charge is 2.30. The predicted molar refractivity (Wildman–Crippen MR) is 87.4 cm³/mol. The lowest BCUT2D eigenvalue weighted by Gasteiger charge is -2.16. The maximum atomic E-state index is 12.4. The molecule has 0 unspecified atom stereocenters. The number of carbonyl (C=O) groups excluding carboxylic acids is 1. The maximum Gasteiger partial charge on any atom is 0.358 e. The molecule has 0 radical (unpaired) electrons. The van der Waals surface area contributed by atoms with Crippen molar-refractivity contribution in [2.45, 2.75) is 38.6 Å². The third kappa shape index (κ3) is 3.02. The first-order valence-corrected chi connectivity index (χ1v) is 8.08. The molecule has 0 spiro atoms. The van der Waals surface area contributed by atoms with Gasteiger partial charge in [-0.1, -0.05) is 18.6 Å². The van der Waals surface area contributed by atoms with Crippen molar-refractivity contribution in [2.24, 2.45) is 0 Å². The Morgan fingerprint density at radius 2 is 1.96 bits per heavy atom. The van der Waals surface area contributed by atoms with Crippen LogP contribution in [0, 0.1) is 0 Å². The van der Waals surface area contributed by atoms with Crippen LogP contribution in [0.1, 0.15) is 52.7 Å². The van der Waals surface area contributed by atoms with Crippen molar-refractivity contribution in [3.8, 4) is 5.69 Å². The van der Waals surface area contributed by atoms with E-state index in [9.17, 15) is 14.7 Å². The first-order valence-electron chi connectivity index (χ1n) is 8.08. The van der Waals surface area contributed by atoms with E-state index >= 15 is 0 Å². The average Bonchev–Trinajstić information content (AvgIpc) is 3.34. The first-order chi connectivity index (χ1) is 11.5. The molecule has 1 heterocycles. The van der Waals surface area contributed by atoms with Gasteiger partial charge in [0.1, 0.15) is 0 Å². The van der Waals surface area contributed by atoms with Gasteiger partial charge in [0.15, 0.2) is 5.69 Å². The summed E-state index contributed by atoms with van der Waals surface area (Å²) in [7, 11) is 1.82. The number of carbonyl (C=O) groups is 2. The molecule has 7 heteroatoms. The summed E-state index contributed by atoms with van der Waals surface area (Å²) in [5, 5.41) is 17.0. The summed E-state index contributed by atoms with van der Waals surface area (Å²) >= 11 is 0. The summed E-state index contributed by atoms with van der Waals surface area (Å²) in [6.07, 6.45) is 3.49. The lowest BCUT2D eigenvalue weighted by molar-refractivity contribution is 0.0688. The van der Waals surface area contributed by atoms with Gasteiger partial charge in [-0.05, 0) is 43.5 Å². The molecule has 1 aromatic heterocycles. The van der Waals surface area contributed by atoms with Crippen molar-refractivity contribution in [3.63, 3.8) is 0 Å². The summed E-state index contributed by atoms with van der Waals surface area (Å²) in [4.78, 5) is 25.4. The summed E-state index contributed by atoms with van der Waals surface area (Å²) in [5.41, 5.74) is 1.86. The highest BCUT2D eigenvalue weighted by Crippen LogP contribution is 2.27. The third-order valence-electron chi connectivity index (χ3n) is 4.23. The van der Waals surface area contributed by atoms with Crippen LogP contribution < -0.4 is 0 Å². The molecule has 0 bridgehead atoms. The summed E-state index contributed by atoms with van der Waals surface area (Å²) in [6, 6.07) is 7.39. The molecule has 1 fully saturated rings. The monoisotopic (exact) mass is 328 g/mol. The number of nitrogens with zero attached hydrogens (tertiary/aromatic N) is 4. The quantitative estimate of drug-likeness (QED) is 0.878. The van der Waals surface area contributed by atoms with Gasteiger partial charge in [-0.2, -0.15) is 0 Å². The molecular weight excluding hydrogens is 308 g/mol. The van der Waals surface area contributed by atoms with E-state index in [1.807, 2.05) is 14.0 Å². The Hall–Kier alpha value is -2.70. The van der Waals surface area contributed by atoms with Gasteiger partial charge < -0.3 is 10.0 Å². The minimum Gasteiger partial charge on any atom is -0.476 e. The Morgan fingerprint density at radius 1 is 1.29 bits per heavy atom. The molecule has 1 amide bonds. The van der Waals surface area contributed by atoms with E-state index in [0.29, 0.717) is 29.4 Å². The van der Waals surface area contributed by atoms with Crippen LogP contribution in [0.2, 0.25) is 0 Å². The zero-order valence-corrected chi connectivity index (χ0v) is 13.8. The fourth-order valence-corrected chi connectivity index (χ4v) is 2.71. The van der Waals surface area contributed by atoms with Crippen LogP contribution in [0.4, 0.5) is 0 Å². The fraction of sp³-hybridized carbons (Fsp3) is 0.412. The molecule has 0 atom stereocenters. The second kappa shape index (κ2) is 6.43. The van der Waals surface area contributed by atoms with E-state index in [1.165, 1.54) is 4.68 Å². The van der Waals surface area contributed by atoms with Crippen LogP contribution in [0.25, 0.3) is 5.69 Å². The van der Waals surface area contributed by atoms with E-state index in [1.54, 1.807) is 29.2 Å². The summed E-state index contributed by atoms with van der Waals surface area (Å²) in [5.74, 6) is -1.08. The Labute approximate surface area is 139 Å². The topological polar surface area (TPSA) is 88.3 Å². The zero-order valence-electron chi connectivity index (χ0n) is 13.8. The molecule has 1 aliphatic carbocycles. The van der Waals surface area contributed by atoms with Crippen molar-refractivity contribution < 1.29 is 14.7 Å². The molecule has 1 aromatic carbocycles. The van der Waals surface area contributed by atoms with Crippen LogP contribution in [-0.4, -0.2) is 50.0 Å². The smallest absolute Gasteiger partial charge is 0.358 e. The van der Waals surface area contributed by atoms with Crippen LogP contribution in [0.15, 0.2) is 24.3 Å². The number of carboxylic acid groups (broad SMARTS) is 1. The SMILES string of the molecule is CCCc1c(C(=O)O)nnn1-c1ccc(C(=O)N(C)C2CC2)cc1. The van der Waals surface area contributed by atoms with E-state index in [0.717, 1.165) is 19.3 Å². The minimum absolute atomic E-state index is 0.00245. The number of rotatable bonds is 6. The van der Waals surface area contributed by atoms with Crippen molar-refractivity contribution in [3.05, 3.63) is 41.2 Å². The molecule has 126 valence electrons. The van der Waals surface area contributed by atoms with Crippen molar-refractivity contribution in [1.29, 1.82) is 0 Å². The molecule has 0 aliphatic heterocycles. The summed E-state index contributed by atoms with van der Waals surface area (Å²) in [6.45, 7) is 1.97.